The molecule has 0 radical (unpaired) electrons. The molecule has 1 atom stereocenters. The predicted molar refractivity (Wildman–Crippen MR) is 123 cm³/mol. The zero-order valence-corrected chi connectivity index (χ0v) is 19.9. The third kappa shape index (κ3) is 9.14. The molecule has 1 aromatic heterocycles. The number of ether oxygens (including phenoxy) is 1. The van der Waals surface area contributed by atoms with E-state index in [1.165, 1.54) is 5.56 Å². The zero-order valence-electron chi connectivity index (χ0n) is 16.8. The van der Waals surface area contributed by atoms with E-state index in [9.17, 15) is 4.79 Å². The number of carbonyl (C=O) groups excluding carboxylic acids is 1. The number of hydrogen-bond donors (Lipinski definition) is 2. The van der Waals surface area contributed by atoms with Gasteiger partial charge >= 0.3 is 6.09 Å². The number of rotatable bonds is 5. The van der Waals surface area contributed by atoms with Gasteiger partial charge in [-0.1, -0.05) is 0 Å². The van der Waals surface area contributed by atoms with Crippen LogP contribution in [0.1, 0.15) is 46.1 Å². The van der Waals surface area contributed by atoms with Gasteiger partial charge in [0.05, 0.1) is 6.54 Å². The van der Waals surface area contributed by atoms with E-state index in [-0.39, 0.29) is 30.1 Å². The van der Waals surface area contributed by atoms with Crippen molar-refractivity contribution >= 4 is 47.4 Å². The minimum absolute atomic E-state index is 0. The molecule has 2 N–H and O–H groups in total. The Bertz CT molecular complexity index is 587. The van der Waals surface area contributed by atoms with Crippen LogP contribution >= 0.6 is 35.3 Å². The first-order chi connectivity index (χ1) is 12.4. The van der Waals surface area contributed by atoms with Crippen molar-refractivity contribution in [2.75, 3.05) is 26.2 Å². The van der Waals surface area contributed by atoms with Crippen molar-refractivity contribution in [1.82, 2.24) is 15.5 Å². The average molecular weight is 508 g/mol. The van der Waals surface area contributed by atoms with E-state index in [0.29, 0.717) is 12.5 Å². The molecule has 1 unspecified atom stereocenters. The van der Waals surface area contributed by atoms with Crippen LogP contribution in [0.25, 0.3) is 0 Å². The molecular weight excluding hydrogens is 475 g/mol. The third-order valence-electron chi connectivity index (χ3n) is 4.07. The molecule has 27 heavy (non-hydrogen) atoms. The number of aliphatic imine (C=N–C) groups is 1. The summed E-state index contributed by atoms with van der Waals surface area (Å²) in [5, 5.41) is 10.9. The molecule has 6 nitrogen and oxygen atoms in total. The standard InChI is InChI=1S/C19H32N4O2S.HI/c1-5-20-17(22-12-16-8-10-26-14-16)21-11-15-7-6-9-23(13-15)18(24)25-19(2,3)4;/h8,10,14-15H,5-7,9,11-13H2,1-4H3,(H2,20,21,22);1H. The number of nitrogens with one attached hydrogen (secondary N) is 2. The van der Waals surface area contributed by atoms with Crippen molar-refractivity contribution in [2.45, 2.75) is 52.7 Å². The fraction of sp³-hybridized carbons (Fsp3) is 0.684. The first-order valence-corrected chi connectivity index (χ1v) is 10.3. The van der Waals surface area contributed by atoms with Gasteiger partial charge < -0.3 is 20.3 Å². The number of likely N-dealkylation sites (tertiary alicyclic amines) is 1. The number of carbonyl (C=O) groups is 1. The van der Waals surface area contributed by atoms with Crippen LogP contribution in [0.5, 0.6) is 0 Å². The zero-order chi connectivity index (χ0) is 19.0. The van der Waals surface area contributed by atoms with Gasteiger partial charge in [0.1, 0.15) is 5.60 Å². The summed E-state index contributed by atoms with van der Waals surface area (Å²) in [6.45, 7) is 11.6. The molecule has 0 aromatic carbocycles. The molecule has 1 aromatic rings. The fourth-order valence-corrected chi connectivity index (χ4v) is 3.52. The Labute approximate surface area is 184 Å². The van der Waals surface area contributed by atoms with Gasteiger partial charge in [0.15, 0.2) is 5.96 Å². The number of guanidine groups is 1. The van der Waals surface area contributed by atoms with E-state index in [1.54, 1.807) is 11.3 Å². The molecule has 154 valence electrons. The van der Waals surface area contributed by atoms with E-state index >= 15 is 0 Å². The summed E-state index contributed by atoms with van der Waals surface area (Å²) in [5.41, 5.74) is 0.774. The molecule has 1 aliphatic heterocycles. The van der Waals surface area contributed by atoms with Gasteiger partial charge in [-0.05, 0) is 68.8 Å². The predicted octanol–water partition coefficient (Wildman–Crippen LogP) is 4.07. The van der Waals surface area contributed by atoms with Gasteiger partial charge in [-0.25, -0.2) is 9.79 Å². The molecule has 0 spiro atoms. The molecule has 8 heteroatoms. The molecule has 0 bridgehead atoms. The summed E-state index contributed by atoms with van der Waals surface area (Å²) in [6, 6.07) is 2.09. The summed E-state index contributed by atoms with van der Waals surface area (Å²) in [7, 11) is 0. The quantitative estimate of drug-likeness (QED) is 0.358. The highest BCUT2D eigenvalue weighted by Crippen LogP contribution is 2.19. The summed E-state index contributed by atoms with van der Waals surface area (Å²) < 4.78 is 5.50. The fourth-order valence-electron chi connectivity index (χ4n) is 2.86. The third-order valence-corrected chi connectivity index (χ3v) is 4.80. The summed E-state index contributed by atoms with van der Waals surface area (Å²) in [4.78, 5) is 18.8. The molecule has 2 rings (SSSR count). The number of halogens is 1. The van der Waals surface area contributed by atoms with Gasteiger partial charge in [0.2, 0.25) is 0 Å². The minimum atomic E-state index is -0.450. The monoisotopic (exact) mass is 508 g/mol. The first-order valence-electron chi connectivity index (χ1n) is 9.38. The average Bonchev–Trinajstić information content (AvgIpc) is 3.09. The first kappa shape index (κ1) is 24.0. The Morgan fingerprint density at radius 3 is 2.81 bits per heavy atom. The van der Waals surface area contributed by atoms with Gasteiger partial charge in [0.25, 0.3) is 0 Å². The van der Waals surface area contributed by atoms with Crippen LogP contribution in [0.3, 0.4) is 0 Å². The topological polar surface area (TPSA) is 66.0 Å². The lowest BCUT2D eigenvalue weighted by molar-refractivity contribution is 0.0168. The Hall–Kier alpha value is -1.03. The van der Waals surface area contributed by atoms with Crippen molar-refractivity contribution in [3.8, 4) is 0 Å². The number of amides is 1. The van der Waals surface area contributed by atoms with Crippen molar-refractivity contribution in [1.29, 1.82) is 0 Å². The van der Waals surface area contributed by atoms with Crippen molar-refractivity contribution in [2.24, 2.45) is 10.9 Å². The molecular formula is C19H33IN4O2S. The number of piperidine rings is 1. The Morgan fingerprint density at radius 1 is 1.41 bits per heavy atom. The van der Waals surface area contributed by atoms with Crippen LogP contribution in [0.15, 0.2) is 21.8 Å². The second-order valence-corrected chi connectivity index (χ2v) is 8.42. The Kier molecular flexibility index (Phi) is 10.4. The normalized spacial score (nSPS) is 17.9. The SMILES string of the molecule is CCNC(=NCc1ccsc1)NCC1CCCN(C(=O)OC(C)(C)C)C1.I. The van der Waals surface area contributed by atoms with Crippen LogP contribution < -0.4 is 10.6 Å². The molecule has 1 amide bonds. The van der Waals surface area contributed by atoms with E-state index in [2.05, 4.69) is 39.4 Å². The van der Waals surface area contributed by atoms with E-state index < -0.39 is 5.60 Å². The molecule has 1 fully saturated rings. The van der Waals surface area contributed by atoms with Crippen molar-refractivity contribution < 1.29 is 9.53 Å². The van der Waals surface area contributed by atoms with Crippen molar-refractivity contribution in [3.05, 3.63) is 22.4 Å². The van der Waals surface area contributed by atoms with E-state index in [0.717, 1.165) is 45.0 Å². The molecule has 1 saturated heterocycles. The number of nitrogens with zero attached hydrogens (tertiary/aromatic N) is 2. The van der Waals surface area contributed by atoms with Crippen LogP contribution in [-0.2, 0) is 11.3 Å². The largest absolute Gasteiger partial charge is 0.444 e. The highest BCUT2D eigenvalue weighted by Gasteiger charge is 2.27. The maximum Gasteiger partial charge on any atom is 0.410 e. The van der Waals surface area contributed by atoms with Crippen LogP contribution in [-0.4, -0.2) is 48.7 Å². The summed E-state index contributed by atoms with van der Waals surface area (Å²) in [5.74, 6) is 1.23. The highest BCUT2D eigenvalue weighted by molar-refractivity contribution is 14.0. The van der Waals surface area contributed by atoms with Gasteiger partial charge in [-0.15, -0.1) is 24.0 Å². The van der Waals surface area contributed by atoms with Gasteiger partial charge in [-0.3, -0.25) is 0 Å². The maximum absolute atomic E-state index is 12.3. The van der Waals surface area contributed by atoms with Crippen LogP contribution in [0.2, 0.25) is 0 Å². The minimum Gasteiger partial charge on any atom is -0.444 e. The van der Waals surface area contributed by atoms with Gasteiger partial charge in [0, 0.05) is 26.2 Å². The lowest BCUT2D eigenvalue weighted by Gasteiger charge is -2.34. The van der Waals surface area contributed by atoms with Crippen LogP contribution in [0, 0.1) is 5.92 Å². The second-order valence-electron chi connectivity index (χ2n) is 7.64. The maximum atomic E-state index is 12.3. The Balaban J connectivity index is 0.00000364. The number of thiophene rings is 1. The molecule has 0 aliphatic carbocycles. The molecule has 1 aliphatic rings. The van der Waals surface area contributed by atoms with E-state index in [4.69, 9.17) is 4.74 Å². The summed E-state index contributed by atoms with van der Waals surface area (Å²) in [6.07, 6.45) is 1.91. The second kappa shape index (κ2) is 11.7. The van der Waals surface area contributed by atoms with Crippen LogP contribution in [0.4, 0.5) is 4.79 Å². The number of hydrogen-bond acceptors (Lipinski definition) is 4. The molecule has 0 saturated carbocycles. The van der Waals surface area contributed by atoms with Gasteiger partial charge in [-0.2, -0.15) is 11.3 Å². The lowest BCUT2D eigenvalue weighted by atomic mass is 9.98. The lowest BCUT2D eigenvalue weighted by Crippen LogP contribution is -2.47. The molecule has 2 heterocycles. The van der Waals surface area contributed by atoms with Crippen molar-refractivity contribution in [3.63, 3.8) is 0 Å². The highest BCUT2D eigenvalue weighted by atomic mass is 127. The Morgan fingerprint density at radius 2 is 2.19 bits per heavy atom. The summed E-state index contributed by atoms with van der Waals surface area (Å²) >= 11 is 1.69. The van der Waals surface area contributed by atoms with E-state index in [1.807, 2.05) is 25.7 Å². The smallest absolute Gasteiger partial charge is 0.410 e.